The third-order valence-corrected chi connectivity index (χ3v) is 5.08. The number of nitrogens with zero attached hydrogens (tertiary/aromatic N) is 5. The number of aromatic nitrogens is 4. The second-order valence-corrected chi connectivity index (χ2v) is 7.12. The maximum Gasteiger partial charge on any atom is 0.255 e. The van der Waals surface area contributed by atoms with Gasteiger partial charge in [-0.2, -0.15) is 4.52 Å². The van der Waals surface area contributed by atoms with Crippen molar-refractivity contribution in [3.8, 4) is 0 Å². The van der Waals surface area contributed by atoms with Crippen LogP contribution in [0.5, 0.6) is 0 Å². The number of anilines is 1. The molecule has 3 heterocycles. The number of piperidine rings is 1. The number of fused-ring (bicyclic) bond motifs is 1. The minimum absolute atomic E-state index is 0.226. The molecule has 0 atom stereocenters. The number of nitrogens with one attached hydrogen (secondary N) is 1. The van der Waals surface area contributed by atoms with E-state index in [-0.39, 0.29) is 11.8 Å². The molecule has 0 spiro atoms. The summed E-state index contributed by atoms with van der Waals surface area (Å²) in [4.78, 5) is 13.9. The average Bonchev–Trinajstić information content (AvgIpc) is 3.39. The first-order chi connectivity index (χ1) is 12.6. The van der Waals surface area contributed by atoms with Crippen LogP contribution in [0.15, 0.2) is 12.1 Å². The smallest absolute Gasteiger partial charge is 0.255 e. The van der Waals surface area contributed by atoms with E-state index in [2.05, 4.69) is 20.4 Å². The monoisotopic (exact) mass is 364 g/mol. The molecule has 26 heavy (non-hydrogen) atoms. The Labute approximate surface area is 149 Å². The highest BCUT2D eigenvalue weighted by Crippen LogP contribution is 2.38. The fraction of sp³-hybridized carbons (Fsp3) is 0.647. The number of alkyl halides is 2. The van der Waals surface area contributed by atoms with Crippen molar-refractivity contribution in [2.45, 2.75) is 44.4 Å². The van der Waals surface area contributed by atoms with Crippen LogP contribution < -0.4 is 10.2 Å². The van der Waals surface area contributed by atoms with Crippen LogP contribution in [-0.2, 0) is 4.79 Å². The van der Waals surface area contributed by atoms with Crippen molar-refractivity contribution in [3.63, 3.8) is 0 Å². The van der Waals surface area contributed by atoms with E-state index in [1.807, 2.05) is 16.6 Å². The van der Waals surface area contributed by atoms with Crippen molar-refractivity contribution in [1.82, 2.24) is 25.1 Å². The number of halogens is 2. The number of carbonyl (C=O) groups excluding carboxylic acids is 1. The molecule has 0 radical (unpaired) electrons. The van der Waals surface area contributed by atoms with Gasteiger partial charge < -0.3 is 10.2 Å². The summed E-state index contributed by atoms with van der Waals surface area (Å²) in [5.41, 5.74) is 0.765. The first kappa shape index (κ1) is 17.1. The quantitative estimate of drug-likeness (QED) is 0.848. The van der Waals surface area contributed by atoms with E-state index in [0.717, 1.165) is 56.1 Å². The molecular weight excluding hydrogens is 342 g/mol. The van der Waals surface area contributed by atoms with Gasteiger partial charge in [0, 0.05) is 25.4 Å². The molecule has 1 saturated carbocycles. The van der Waals surface area contributed by atoms with Crippen LogP contribution in [0.2, 0.25) is 0 Å². The second-order valence-electron chi connectivity index (χ2n) is 7.12. The molecule has 2 aromatic rings. The summed E-state index contributed by atoms with van der Waals surface area (Å²) in [7, 11) is 0. The van der Waals surface area contributed by atoms with Gasteiger partial charge in [0.15, 0.2) is 11.5 Å². The number of carbonyl (C=O) groups is 1. The van der Waals surface area contributed by atoms with Crippen molar-refractivity contribution in [1.29, 1.82) is 0 Å². The molecule has 9 heteroatoms. The Balaban J connectivity index is 1.35. The highest BCUT2D eigenvalue weighted by atomic mass is 19.3. The molecule has 140 valence electrons. The van der Waals surface area contributed by atoms with Crippen LogP contribution in [0, 0.1) is 5.92 Å². The van der Waals surface area contributed by atoms with E-state index in [1.54, 1.807) is 0 Å². The zero-order valence-corrected chi connectivity index (χ0v) is 14.4. The molecule has 2 aliphatic rings. The van der Waals surface area contributed by atoms with Gasteiger partial charge in [0.1, 0.15) is 5.82 Å². The molecule has 2 aromatic heterocycles. The molecule has 1 saturated heterocycles. The van der Waals surface area contributed by atoms with Crippen molar-refractivity contribution < 1.29 is 13.6 Å². The summed E-state index contributed by atoms with van der Waals surface area (Å²) < 4.78 is 26.1. The predicted octanol–water partition coefficient (Wildman–Crippen LogP) is 1.99. The molecule has 1 N–H and O–H groups in total. The van der Waals surface area contributed by atoms with Gasteiger partial charge in [-0.1, -0.05) is 0 Å². The number of rotatable bonds is 6. The van der Waals surface area contributed by atoms with Crippen LogP contribution in [0.3, 0.4) is 0 Å². The van der Waals surface area contributed by atoms with Gasteiger partial charge in [0.25, 0.3) is 6.43 Å². The van der Waals surface area contributed by atoms with Crippen molar-refractivity contribution in [2.75, 3.05) is 24.5 Å². The Kier molecular flexibility index (Phi) is 4.69. The van der Waals surface area contributed by atoms with Gasteiger partial charge in [0.05, 0.1) is 6.54 Å². The van der Waals surface area contributed by atoms with Gasteiger partial charge in [-0.15, -0.1) is 15.3 Å². The molecule has 1 amide bonds. The summed E-state index contributed by atoms with van der Waals surface area (Å²) in [6, 6.07) is 3.89. The molecule has 7 nitrogen and oxygen atoms in total. The number of hydrogen-bond acceptors (Lipinski definition) is 5. The van der Waals surface area contributed by atoms with Crippen molar-refractivity contribution in [3.05, 3.63) is 18.0 Å². The van der Waals surface area contributed by atoms with E-state index in [4.69, 9.17) is 5.10 Å². The zero-order chi connectivity index (χ0) is 18.1. The summed E-state index contributed by atoms with van der Waals surface area (Å²) in [5.74, 6) is 2.24. The van der Waals surface area contributed by atoms with Crippen molar-refractivity contribution >= 4 is 17.4 Å². The largest absolute Gasteiger partial charge is 0.355 e. The van der Waals surface area contributed by atoms with Crippen LogP contribution in [0.4, 0.5) is 14.6 Å². The minimum atomic E-state index is -2.50. The zero-order valence-electron chi connectivity index (χ0n) is 14.4. The fourth-order valence-corrected chi connectivity index (χ4v) is 3.45. The third-order valence-electron chi connectivity index (χ3n) is 5.08. The predicted molar refractivity (Wildman–Crippen MR) is 91.3 cm³/mol. The van der Waals surface area contributed by atoms with Gasteiger partial charge in [-0.3, -0.25) is 4.79 Å². The Morgan fingerprint density at radius 3 is 2.65 bits per heavy atom. The Morgan fingerprint density at radius 1 is 1.19 bits per heavy atom. The van der Waals surface area contributed by atoms with E-state index in [0.29, 0.717) is 12.3 Å². The van der Waals surface area contributed by atoms with Crippen LogP contribution >= 0.6 is 0 Å². The van der Waals surface area contributed by atoms with E-state index in [9.17, 15) is 13.6 Å². The SMILES string of the molecule is O=C(CC1CCN(c2ccc3nnc(C4CC4)n3n2)CC1)NCC(F)F. The van der Waals surface area contributed by atoms with Crippen LogP contribution in [0.25, 0.3) is 5.65 Å². The van der Waals surface area contributed by atoms with E-state index in [1.165, 1.54) is 0 Å². The minimum Gasteiger partial charge on any atom is -0.355 e. The molecular formula is C17H22F2N6O. The highest BCUT2D eigenvalue weighted by Gasteiger charge is 2.30. The first-order valence-corrected chi connectivity index (χ1v) is 9.12. The molecule has 0 bridgehead atoms. The molecule has 1 aliphatic heterocycles. The Bertz CT molecular complexity index is 783. The van der Waals surface area contributed by atoms with Gasteiger partial charge >= 0.3 is 0 Å². The van der Waals surface area contributed by atoms with Crippen LogP contribution in [-0.4, -0.2) is 51.8 Å². The summed E-state index contributed by atoms with van der Waals surface area (Å²) >= 11 is 0. The van der Waals surface area contributed by atoms with E-state index < -0.39 is 13.0 Å². The first-order valence-electron chi connectivity index (χ1n) is 9.12. The number of hydrogen-bond donors (Lipinski definition) is 1. The lowest BCUT2D eigenvalue weighted by Gasteiger charge is -2.32. The third kappa shape index (κ3) is 3.76. The molecule has 2 fully saturated rings. The lowest BCUT2D eigenvalue weighted by molar-refractivity contribution is -0.122. The fourth-order valence-electron chi connectivity index (χ4n) is 3.45. The topological polar surface area (TPSA) is 75.4 Å². The molecule has 4 rings (SSSR count). The molecule has 0 aromatic carbocycles. The molecule has 0 unspecified atom stereocenters. The van der Waals surface area contributed by atoms with Crippen LogP contribution in [0.1, 0.15) is 43.8 Å². The van der Waals surface area contributed by atoms with Gasteiger partial charge in [0.2, 0.25) is 5.91 Å². The Hall–Kier alpha value is -2.32. The lowest BCUT2D eigenvalue weighted by atomic mass is 9.93. The molecule has 1 aliphatic carbocycles. The van der Waals surface area contributed by atoms with Gasteiger partial charge in [-0.25, -0.2) is 8.78 Å². The second kappa shape index (κ2) is 7.13. The summed E-state index contributed by atoms with van der Waals surface area (Å²) in [5, 5.41) is 15.4. The van der Waals surface area contributed by atoms with E-state index >= 15 is 0 Å². The average molecular weight is 364 g/mol. The Morgan fingerprint density at radius 2 is 1.96 bits per heavy atom. The summed E-state index contributed by atoms with van der Waals surface area (Å²) in [6.07, 6.45) is 1.79. The van der Waals surface area contributed by atoms with Crippen molar-refractivity contribution in [2.24, 2.45) is 5.92 Å². The maximum atomic E-state index is 12.1. The number of amides is 1. The van der Waals surface area contributed by atoms with Gasteiger partial charge in [-0.05, 0) is 43.7 Å². The lowest BCUT2D eigenvalue weighted by Crippen LogP contribution is -2.37. The maximum absolute atomic E-state index is 12.1. The normalized spacial score (nSPS) is 18.7. The standard InChI is InChI=1S/C17H22F2N6O/c18-13(19)10-20-16(26)9-11-5-7-24(8-6-11)15-4-3-14-21-22-17(12-1-2-12)25(14)23-15/h3-4,11-13H,1-2,5-10H2,(H,20,26). The highest BCUT2D eigenvalue weighted by molar-refractivity contribution is 5.76. The summed E-state index contributed by atoms with van der Waals surface area (Å²) in [6.45, 7) is 1.03.